The number of pyridine rings is 1. The van der Waals surface area contributed by atoms with Crippen LogP contribution in [0.5, 0.6) is 5.75 Å². The van der Waals surface area contributed by atoms with Crippen molar-refractivity contribution >= 4 is 18.3 Å². The topological polar surface area (TPSA) is 54.5 Å². The van der Waals surface area contributed by atoms with Gasteiger partial charge in [0.05, 0.1) is 12.2 Å². The monoisotopic (exact) mass is 403 g/mol. The molecule has 1 aliphatic rings. The molecule has 28 heavy (non-hydrogen) atoms. The highest BCUT2D eigenvalue weighted by atomic mass is 35.5. The van der Waals surface area contributed by atoms with Gasteiger partial charge in [0.2, 0.25) is 0 Å². The maximum atomic E-state index is 13.3. The Hall–Kier alpha value is -2.11. The number of hydrogen-bond donors (Lipinski definition) is 1. The zero-order valence-corrected chi connectivity index (χ0v) is 17.5. The summed E-state index contributed by atoms with van der Waals surface area (Å²) in [6.45, 7) is 6.34. The third kappa shape index (κ3) is 6.21. The highest BCUT2D eigenvalue weighted by molar-refractivity contribution is 5.85. The molecular weight excluding hydrogens is 374 g/mol. The Bertz CT molecular complexity index is 716. The number of rotatable bonds is 6. The number of carbonyl (C=O) groups excluding carboxylic acids is 1. The van der Waals surface area contributed by atoms with Gasteiger partial charge in [0.25, 0.3) is 5.91 Å². The Labute approximate surface area is 173 Å². The van der Waals surface area contributed by atoms with Crippen molar-refractivity contribution in [1.82, 2.24) is 15.2 Å². The van der Waals surface area contributed by atoms with E-state index in [-0.39, 0.29) is 24.4 Å². The predicted molar refractivity (Wildman–Crippen MR) is 114 cm³/mol. The Morgan fingerprint density at radius 3 is 2.71 bits per heavy atom. The molecule has 152 valence electrons. The second-order valence-corrected chi connectivity index (χ2v) is 7.20. The fourth-order valence-electron chi connectivity index (χ4n) is 3.47. The lowest BCUT2D eigenvalue weighted by Gasteiger charge is -2.33. The van der Waals surface area contributed by atoms with Crippen LogP contribution in [-0.4, -0.2) is 41.0 Å². The molecule has 1 aromatic heterocycles. The van der Waals surface area contributed by atoms with Crippen LogP contribution in [0.15, 0.2) is 48.7 Å². The van der Waals surface area contributed by atoms with Crippen LogP contribution in [0, 0.1) is 6.92 Å². The van der Waals surface area contributed by atoms with Crippen LogP contribution in [0.4, 0.5) is 0 Å². The normalized spacial score (nSPS) is 17.7. The highest BCUT2D eigenvalue weighted by Crippen LogP contribution is 2.20. The number of aryl methyl sites for hydroxylation is 1. The minimum atomic E-state index is -0.535. The van der Waals surface area contributed by atoms with Gasteiger partial charge >= 0.3 is 0 Å². The molecule has 0 spiro atoms. The molecule has 5 nitrogen and oxygen atoms in total. The lowest BCUT2D eigenvalue weighted by Crippen LogP contribution is -2.46. The largest absolute Gasteiger partial charge is 0.481 e. The quantitative estimate of drug-likeness (QED) is 0.798. The molecular formula is C22H30ClN3O2. The van der Waals surface area contributed by atoms with Gasteiger partial charge in [0.15, 0.2) is 6.10 Å². The van der Waals surface area contributed by atoms with E-state index in [2.05, 4.69) is 10.3 Å². The molecule has 0 saturated carbocycles. The van der Waals surface area contributed by atoms with Crippen molar-refractivity contribution in [2.24, 2.45) is 0 Å². The summed E-state index contributed by atoms with van der Waals surface area (Å²) in [5.74, 6) is 0.745. The summed E-state index contributed by atoms with van der Waals surface area (Å²) in [5, 5.41) is 3.42. The number of halogens is 1. The van der Waals surface area contributed by atoms with E-state index in [1.54, 1.807) is 6.20 Å². The molecule has 0 bridgehead atoms. The van der Waals surface area contributed by atoms with Crippen molar-refractivity contribution in [3.05, 3.63) is 59.9 Å². The first-order chi connectivity index (χ1) is 13.1. The van der Waals surface area contributed by atoms with E-state index >= 15 is 0 Å². The summed E-state index contributed by atoms with van der Waals surface area (Å²) >= 11 is 0. The fourth-order valence-corrected chi connectivity index (χ4v) is 3.47. The lowest BCUT2D eigenvalue weighted by atomic mass is 10.1. The van der Waals surface area contributed by atoms with Crippen LogP contribution in [0.25, 0.3) is 0 Å². The van der Waals surface area contributed by atoms with Gasteiger partial charge in [-0.25, -0.2) is 0 Å². The van der Waals surface area contributed by atoms with Gasteiger partial charge in [-0.15, -0.1) is 12.4 Å². The average Bonchev–Trinajstić information content (AvgIpc) is 2.97. The molecule has 1 fully saturated rings. The van der Waals surface area contributed by atoms with Crippen LogP contribution in [0.1, 0.15) is 37.4 Å². The smallest absolute Gasteiger partial charge is 0.263 e. The molecule has 0 radical (unpaired) electrons. The summed E-state index contributed by atoms with van der Waals surface area (Å²) in [6.07, 6.45) is 4.27. The van der Waals surface area contributed by atoms with E-state index in [0.29, 0.717) is 6.54 Å². The Kier molecular flexibility index (Phi) is 8.74. The van der Waals surface area contributed by atoms with E-state index in [1.165, 1.54) is 5.56 Å². The van der Waals surface area contributed by atoms with Crippen molar-refractivity contribution in [3.63, 3.8) is 0 Å². The van der Waals surface area contributed by atoms with E-state index in [1.807, 2.05) is 61.2 Å². The maximum Gasteiger partial charge on any atom is 0.263 e. The molecule has 1 aromatic carbocycles. The van der Waals surface area contributed by atoms with E-state index in [4.69, 9.17) is 4.74 Å². The van der Waals surface area contributed by atoms with E-state index < -0.39 is 6.10 Å². The molecule has 2 heterocycles. The Morgan fingerprint density at radius 2 is 2.00 bits per heavy atom. The third-order valence-corrected chi connectivity index (χ3v) is 5.01. The minimum Gasteiger partial charge on any atom is -0.481 e. The van der Waals surface area contributed by atoms with Gasteiger partial charge in [-0.1, -0.05) is 23.8 Å². The van der Waals surface area contributed by atoms with Crippen LogP contribution in [0.3, 0.4) is 0 Å². The second kappa shape index (κ2) is 11.0. The van der Waals surface area contributed by atoms with Crippen LogP contribution < -0.4 is 10.1 Å². The third-order valence-electron chi connectivity index (χ3n) is 5.01. The zero-order chi connectivity index (χ0) is 19.1. The SMILES string of the molecule is Cc1ccc(OC(C)C(=O)N(Cc2ccccn2)C2CCCNCC2)cc1.Cl. The number of nitrogens with one attached hydrogen (secondary N) is 1. The second-order valence-electron chi connectivity index (χ2n) is 7.20. The van der Waals surface area contributed by atoms with Crippen LogP contribution in [-0.2, 0) is 11.3 Å². The van der Waals surface area contributed by atoms with Gasteiger partial charge in [-0.2, -0.15) is 0 Å². The molecule has 1 N–H and O–H groups in total. The summed E-state index contributed by atoms with van der Waals surface area (Å²) in [4.78, 5) is 19.7. The Balaban J connectivity index is 0.00000280. The van der Waals surface area contributed by atoms with Gasteiger partial charge in [0.1, 0.15) is 5.75 Å². The summed E-state index contributed by atoms with van der Waals surface area (Å²) in [7, 11) is 0. The molecule has 1 aliphatic heterocycles. The molecule has 3 rings (SSSR count). The number of carbonyl (C=O) groups is 1. The number of hydrogen-bond acceptors (Lipinski definition) is 4. The number of amides is 1. The first kappa shape index (κ1) is 22.2. The van der Waals surface area contributed by atoms with Crippen molar-refractivity contribution in [2.75, 3.05) is 13.1 Å². The van der Waals surface area contributed by atoms with E-state index in [9.17, 15) is 4.79 Å². The lowest BCUT2D eigenvalue weighted by molar-refractivity contribution is -0.141. The number of ether oxygens (including phenoxy) is 1. The van der Waals surface area contributed by atoms with Crippen molar-refractivity contribution in [2.45, 2.75) is 51.8 Å². The molecule has 1 saturated heterocycles. The number of benzene rings is 1. The highest BCUT2D eigenvalue weighted by Gasteiger charge is 2.29. The number of nitrogens with zero attached hydrogens (tertiary/aromatic N) is 2. The molecule has 2 atom stereocenters. The Morgan fingerprint density at radius 1 is 1.21 bits per heavy atom. The minimum absolute atomic E-state index is 0. The summed E-state index contributed by atoms with van der Waals surface area (Å²) in [6, 6.07) is 13.9. The van der Waals surface area contributed by atoms with E-state index in [0.717, 1.165) is 43.8 Å². The number of aromatic nitrogens is 1. The standard InChI is InChI=1S/C22H29N3O2.ClH/c1-17-8-10-21(11-9-17)27-18(2)22(26)25(16-19-6-3-4-14-24-19)20-7-5-13-23-15-12-20;/h3-4,6,8-11,14,18,20,23H,5,7,12-13,15-16H2,1-2H3;1H. The van der Waals surface area contributed by atoms with Crippen molar-refractivity contribution < 1.29 is 9.53 Å². The van der Waals surface area contributed by atoms with Gasteiger partial charge in [-0.05, 0) is 70.5 Å². The predicted octanol–water partition coefficient (Wildman–Crippen LogP) is 3.75. The molecule has 2 unspecified atom stereocenters. The van der Waals surface area contributed by atoms with Crippen molar-refractivity contribution in [1.29, 1.82) is 0 Å². The zero-order valence-electron chi connectivity index (χ0n) is 16.6. The first-order valence-electron chi connectivity index (χ1n) is 9.78. The fraction of sp³-hybridized carbons (Fsp3) is 0.455. The summed E-state index contributed by atoms with van der Waals surface area (Å²) in [5.41, 5.74) is 2.08. The molecule has 0 aliphatic carbocycles. The molecule has 6 heteroatoms. The van der Waals surface area contributed by atoms with Gasteiger partial charge < -0.3 is 15.0 Å². The average molecular weight is 404 g/mol. The first-order valence-corrected chi connectivity index (χ1v) is 9.78. The van der Waals surface area contributed by atoms with Gasteiger partial charge in [-0.3, -0.25) is 9.78 Å². The molecule has 2 aromatic rings. The maximum absolute atomic E-state index is 13.3. The van der Waals surface area contributed by atoms with Gasteiger partial charge in [0, 0.05) is 12.2 Å². The summed E-state index contributed by atoms with van der Waals surface area (Å²) < 4.78 is 5.94. The van der Waals surface area contributed by atoms with Crippen LogP contribution in [0.2, 0.25) is 0 Å². The van der Waals surface area contributed by atoms with Crippen LogP contribution >= 0.6 is 12.4 Å². The molecule has 1 amide bonds. The van der Waals surface area contributed by atoms with Crippen molar-refractivity contribution in [3.8, 4) is 5.75 Å².